The van der Waals surface area contributed by atoms with Crippen molar-refractivity contribution in [3.05, 3.63) is 46.2 Å². The Kier molecular flexibility index (Phi) is 5.92. The van der Waals surface area contributed by atoms with Gasteiger partial charge in [-0.2, -0.15) is 4.98 Å². The van der Waals surface area contributed by atoms with Gasteiger partial charge in [0.05, 0.1) is 24.3 Å². The van der Waals surface area contributed by atoms with Crippen LogP contribution < -0.4 is 10.1 Å². The predicted molar refractivity (Wildman–Crippen MR) is 118 cm³/mol. The maximum Gasteiger partial charge on any atom is 0.237 e. The molecule has 1 saturated carbocycles. The third-order valence-corrected chi connectivity index (χ3v) is 6.71. The van der Waals surface area contributed by atoms with Gasteiger partial charge in [-0.05, 0) is 55.9 Å². The topological polar surface area (TPSA) is 100 Å². The summed E-state index contributed by atoms with van der Waals surface area (Å²) in [6.07, 6.45) is 5.19. The van der Waals surface area contributed by atoms with Crippen molar-refractivity contribution < 1.29 is 14.9 Å². The molecule has 1 aliphatic carbocycles. The molecule has 0 atom stereocenters. The number of ether oxygens (including phenoxy) is 1. The highest BCUT2D eigenvalue weighted by molar-refractivity contribution is 7.15. The molecular formula is C21H23ClN4O3S. The number of thiazole rings is 1. The van der Waals surface area contributed by atoms with Crippen LogP contribution in [0.1, 0.15) is 36.3 Å². The maximum atomic E-state index is 11.0. The number of aliphatic hydroxyl groups excluding tert-OH is 1. The van der Waals surface area contributed by atoms with Crippen molar-refractivity contribution >= 4 is 34.6 Å². The van der Waals surface area contributed by atoms with Crippen LogP contribution in [0, 0.1) is 6.92 Å². The second-order valence-electron chi connectivity index (χ2n) is 7.56. The molecule has 1 aliphatic rings. The molecule has 0 bridgehead atoms. The third-order valence-electron chi connectivity index (χ3n) is 5.21. The first-order valence-electron chi connectivity index (χ1n) is 9.69. The number of nitrogens with one attached hydrogen (secondary N) is 1. The lowest BCUT2D eigenvalue weighted by Crippen LogP contribution is -2.33. The second-order valence-corrected chi connectivity index (χ2v) is 8.99. The van der Waals surface area contributed by atoms with Crippen LogP contribution in [0.15, 0.2) is 30.6 Å². The van der Waals surface area contributed by atoms with E-state index in [9.17, 15) is 10.2 Å². The standard InChI is InChI=1S/C21H23ClN4O3S/c1-12-7-13(9-14(8-12)25-20-24-10-16(22)18(26-20)29-2)17-11-23-19(30-17)21(28)5-3-15(27)4-6-21/h7-11,15,27-28H,3-6H2,1-2H3,(H,24,25,26). The SMILES string of the molecule is COc1nc(Nc2cc(C)cc(-c3cnc(C4(O)CCC(O)CC4)s3)c2)ncc1Cl. The largest absolute Gasteiger partial charge is 0.480 e. The van der Waals surface area contributed by atoms with Crippen molar-refractivity contribution in [1.29, 1.82) is 0 Å². The molecule has 158 valence electrons. The molecule has 0 spiro atoms. The van der Waals surface area contributed by atoms with E-state index in [1.54, 1.807) is 6.20 Å². The Morgan fingerprint density at radius 2 is 1.97 bits per heavy atom. The van der Waals surface area contributed by atoms with E-state index in [0.29, 0.717) is 47.5 Å². The van der Waals surface area contributed by atoms with Gasteiger partial charge >= 0.3 is 0 Å². The molecule has 2 heterocycles. The summed E-state index contributed by atoms with van der Waals surface area (Å²) in [7, 11) is 1.51. The summed E-state index contributed by atoms with van der Waals surface area (Å²) >= 11 is 7.48. The lowest BCUT2D eigenvalue weighted by molar-refractivity contribution is -0.0362. The monoisotopic (exact) mass is 446 g/mol. The summed E-state index contributed by atoms with van der Waals surface area (Å²) in [5, 5.41) is 25.0. The van der Waals surface area contributed by atoms with Crippen LogP contribution >= 0.6 is 22.9 Å². The molecule has 0 saturated heterocycles. The van der Waals surface area contributed by atoms with Gasteiger partial charge < -0.3 is 20.3 Å². The molecule has 4 rings (SSSR count). The van der Waals surface area contributed by atoms with E-state index < -0.39 is 5.60 Å². The molecule has 30 heavy (non-hydrogen) atoms. The second kappa shape index (κ2) is 8.47. The summed E-state index contributed by atoms with van der Waals surface area (Å²) in [4.78, 5) is 13.9. The number of aromatic nitrogens is 3. The Labute approximate surface area is 183 Å². The molecular weight excluding hydrogens is 424 g/mol. The number of anilines is 2. The lowest BCUT2D eigenvalue weighted by Gasteiger charge is -2.32. The van der Waals surface area contributed by atoms with Crippen LogP contribution in [0.25, 0.3) is 10.4 Å². The molecule has 0 unspecified atom stereocenters. The fourth-order valence-corrected chi connectivity index (χ4v) is 4.82. The zero-order chi connectivity index (χ0) is 21.3. The fourth-order valence-electron chi connectivity index (χ4n) is 3.60. The van der Waals surface area contributed by atoms with E-state index in [2.05, 4.69) is 26.3 Å². The Hall–Kier alpha value is -2.26. The number of hydrogen-bond acceptors (Lipinski definition) is 8. The Bertz CT molecular complexity index is 1050. The summed E-state index contributed by atoms with van der Waals surface area (Å²) < 4.78 is 5.15. The van der Waals surface area contributed by atoms with E-state index in [1.807, 2.05) is 19.1 Å². The summed E-state index contributed by atoms with van der Waals surface area (Å²) in [5.41, 5.74) is 1.91. The summed E-state index contributed by atoms with van der Waals surface area (Å²) in [5.74, 6) is 0.688. The van der Waals surface area contributed by atoms with Gasteiger partial charge in [-0.1, -0.05) is 17.7 Å². The highest BCUT2D eigenvalue weighted by atomic mass is 35.5. The highest BCUT2D eigenvalue weighted by Gasteiger charge is 2.36. The van der Waals surface area contributed by atoms with E-state index in [-0.39, 0.29) is 6.10 Å². The van der Waals surface area contributed by atoms with Gasteiger partial charge in [0, 0.05) is 11.9 Å². The number of aliphatic hydroxyl groups is 2. The van der Waals surface area contributed by atoms with Gasteiger partial charge in [-0.15, -0.1) is 11.3 Å². The Morgan fingerprint density at radius 3 is 2.70 bits per heavy atom. The number of hydrogen-bond donors (Lipinski definition) is 3. The third kappa shape index (κ3) is 4.41. The maximum absolute atomic E-state index is 11.0. The van der Waals surface area contributed by atoms with Crippen LogP contribution in [-0.4, -0.2) is 38.4 Å². The van der Waals surface area contributed by atoms with Crippen LogP contribution in [-0.2, 0) is 5.60 Å². The van der Waals surface area contributed by atoms with Gasteiger partial charge in [0.2, 0.25) is 11.8 Å². The molecule has 1 fully saturated rings. The minimum atomic E-state index is -0.958. The minimum Gasteiger partial charge on any atom is -0.480 e. The average molecular weight is 447 g/mol. The minimum absolute atomic E-state index is 0.306. The zero-order valence-electron chi connectivity index (χ0n) is 16.7. The highest BCUT2D eigenvalue weighted by Crippen LogP contribution is 2.41. The van der Waals surface area contributed by atoms with Crippen molar-refractivity contribution in [3.63, 3.8) is 0 Å². The molecule has 3 aromatic rings. The van der Waals surface area contributed by atoms with E-state index in [0.717, 1.165) is 21.7 Å². The van der Waals surface area contributed by atoms with Crippen LogP contribution in [0.2, 0.25) is 5.02 Å². The van der Waals surface area contributed by atoms with Gasteiger partial charge in [0.15, 0.2) is 0 Å². The number of aryl methyl sites for hydroxylation is 1. The van der Waals surface area contributed by atoms with Crippen LogP contribution in [0.5, 0.6) is 5.88 Å². The molecule has 0 radical (unpaired) electrons. The number of halogens is 1. The first-order valence-corrected chi connectivity index (χ1v) is 10.9. The van der Waals surface area contributed by atoms with Crippen molar-refractivity contribution in [3.8, 4) is 16.3 Å². The van der Waals surface area contributed by atoms with Crippen molar-refractivity contribution in [2.45, 2.75) is 44.3 Å². The number of nitrogens with zero attached hydrogens (tertiary/aromatic N) is 3. The molecule has 3 N–H and O–H groups in total. The van der Waals surface area contributed by atoms with Gasteiger partial charge in [-0.25, -0.2) is 9.97 Å². The van der Waals surface area contributed by atoms with E-state index >= 15 is 0 Å². The number of rotatable bonds is 5. The number of methoxy groups -OCH3 is 1. The first kappa shape index (κ1) is 21.0. The van der Waals surface area contributed by atoms with Crippen molar-refractivity contribution in [2.24, 2.45) is 0 Å². The van der Waals surface area contributed by atoms with Crippen LogP contribution in [0.4, 0.5) is 11.6 Å². The zero-order valence-corrected chi connectivity index (χ0v) is 18.3. The van der Waals surface area contributed by atoms with Gasteiger partial charge in [0.1, 0.15) is 15.6 Å². The Balaban J connectivity index is 1.59. The predicted octanol–water partition coefficient (Wildman–Crippen LogP) is 4.44. The molecule has 7 nitrogen and oxygen atoms in total. The number of benzene rings is 1. The van der Waals surface area contributed by atoms with Crippen molar-refractivity contribution in [2.75, 3.05) is 12.4 Å². The lowest BCUT2D eigenvalue weighted by atomic mass is 9.84. The van der Waals surface area contributed by atoms with E-state index in [4.69, 9.17) is 16.3 Å². The Morgan fingerprint density at radius 1 is 1.20 bits per heavy atom. The first-order chi connectivity index (χ1) is 14.4. The molecule has 1 aromatic carbocycles. The molecule has 2 aromatic heterocycles. The van der Waals surface area contributed by atoms with E-state index in [1.165, 1.54) is 24.6 Å². The van der Waals surface area contributed by atoms with Gasteiger partial charge in [0.25, 0.3) is 0 Å². The quantitative estimate of drug-likeness (QED) is 0.532. The summed E-state index contributed by atoms with van der Waals surface area (Å²) in [6.45, 7) is 2.01. The fraction of sp³-hybridized carbons (Fsp3) is 0.381. The van der Waals surface area contributed by atoms with Gasteiger partial charge in [-0.3, -0.25) is 0 Å². The van der Waals surface area contributed by atoms with Crippen LogP contribution in [0.3, 0.4) is 0 Å². The molecule has 0 amide bonds. The van der Waals surface area contributed by atoms with Crippen molar-refractivity contribution in [1.82, 2.24) is 15.0 Å². The average Bonchev–Trinajstić information content (AvgIpc) is 3.23. The summed E-state index contributed by atoms with van der Waals surface area (Å²) in [6, 6.07) is 6.05. The molecule has 0 aliphatic heterocycles. The smallest absolute Gasteiger partial charge is 0.237 e. The molecule has 9 heteroatoms. The normalized spacial score (nSPS) is 21.4.